The first-order valence-corrected chi connectivity index (χ1v) is 6.85. The summed E-state index contributed by atoms with van der Waals surface area (Å²) in [5.74, 6) is -0.757. The number of rotatable bonds is 3. The van der Waals surface area contributed by atoms with Crippen molar-refractivity contribution >= 4 is 34.1 Å². The van der Waals surface area contributed by atoms with Crippen LogP contribution in [-0.4, -0.2) is 61.6 Å². The third-order valence-electron chi connectivity index (χ3n) is 2.94. The van der Waals surface area contributed by atoms with Gasteiger partial charge in [-0.25, -0.2) is 4.98 Å². The van der Waals surface area contributed by atoms with Gasteiger partial charge in [-0.3, -0.25) is 9.59 Å². The molecule has 4 N–H and O–H groups in total. The molecule has 1 fully saturated rings. The summed E-state index contributed by atoms with van der Waals surface area (Å²) < 4.78 is 5.19. The van der Waals surface area contributed by atoms with Gasteiger partial charge in [0.05, 0.1) is 13.2 Å². The Labute approximate surface area is 120 Å². The molecular formula is C11H17N5O3S. The first kappa shape index (κ1) is 14.5. The van der Waals surface area contributed by atoms with Crippen molar-refractivity contribution in [3.05, 3.63) is 4.88 Å². The molecule has 2 amide bonds. The average molecular weight is 299 g/mol. The Hall–Kier alpha value is -1.87. The molecule has 0 spiro atoms. The summed E-state index contributed by atoms with van der Waals surface area (Å²) in [5.41, 5.74) is 11.1. The van der Waals surface area contributed by atoms with Crippen LogP contribution in [0.1, 0.15) is 9.67 Å². The van der Waals surface area contributed by atoms with Crippen LogP contribution in [0.15, 0.2) is 0 Å². The van der Waals surface area contributed by atoms with E-state index in [0.29, 0.717) is 23.2 Å². The summed E-state index contributed by atoms with van der Waals surface area (Å²) in [5, 5.41) is 0.634. The fraction of sp³-hybridized carbons (Fsp3) is 0.545. The molecule has 2 rings (SSSR count). The van der Waals surface area contributed by atoms with Crippen molar-refractivity contribution in [3.8, 4) is 0 Å². The highest BCUT2D eigenvalue weighted by Crippen LogP contribution is 2.28. The molecule has 1 aromatic rings. The molecule has 9 heteroatoms. The van der Waals surface area contributed by atoms with E-state index in [1.807, 2.05) is 14.1 Å². The van der Waals surface area contributed by atoms with Crippen LogP contribution >= 0.6 is 11.3 Å². The molecule has 1 aromatic heterocycles. The van der Waals surface area contributed by atoms with E-state index in [1.54, 1.807) is 4.90 Å². The number of carbonyl (C=O) groups excluding carboxylic acids is 2. The maximum Gasteiger partial charge on any atom is 0.268 e. The Morgan fingerprint density at radius 3 is 2.75 bits per heavy atom. The second-order valence-electron chi connectivity index (χ2n) is 4.60. The van der Waals surface area contributed by atoms with E-state index in [2.05, 4.69) is 4.98 Å². The van der Waals surface area contributed by atoms with Crippen LogP contribution in [0, 0.1) is 0 Å². The lowest BCUT2D eigenvalue weighted by atomic mass is 10.2. The quantitative estimate of drug-likeness (QED) is 0.749. The number of thiazole rings is 1. The van der Waals surface area contributed by atoms with Crippen molar-refractivity contribution in [2.75, 3.05) is 44.5 Å². The standard InChI is InChI=1S/C11H17N5O3S/c1-15(2)11-14-8(12)7(20-11)10(18)16-3-4-19-5-6(16)9(13)17/h6H,3-5,12H2,1-2H3,(H2,13,17). The zero-order chi connectivity index (χ0) is 14.9. The van der Waals surface area contributed by atoms with E-state index < -0.39 is 11.9 Å². The topological polar surface area (TPSA) is 115 Å². The number of morpholine rings is 1. The molecule has 8 nitrogen and oxygen atoms in total. The first-order chi connectivity index (χ1) is 9.41. The molecule has 1 aliphatic rings. The predicted molar refractivity (Wildman–Crippen MR) is 75.7 cm³/mol. The third-order valence-corrected chi connectivity index (χ3v) is 4.16. The highest BCUT2D eigenvalue weighted by Gasteiger charge is 2.34. The zero-order valence-corrected chi connectivity index (χ0v) is 12.1. The Balaban J connectivity index is 2.27. The highest BCUT2D eigenvalue weighted by molar-refractivity contribution is 7.18. The zero-order valence-electron chi connectivity index (χ0n) is 11.3. The van der Waals surface area contributed by atoms with Crippen molar-refractivity contribution in [2.45, 2.75) is 6.04 Å². The van der Waals surface area contributed by atoms with E-state index in [9.17, 15) is 9.59 Å². The summed E-state index contributed by atoms with van der Waals surface area (Å²) in [6.45, 7) is 0.788. The molecule has 2 heterocycles. The average Bonchev–Trinajstić information content (AvgIpc) is 2.80. The number of nitrogen functional groups attached to an aromatic ring is 1. The van der Waals surface area contributed by atoms with E-state index in [4.69, 9.17) is 16.2 Å². The number of hydrogen-bond donors (Lipinski definition) is 2. The molecule has 20 heavy (non-hydrogen) atoms. The van der Waals surface area contributed by atoms with Crippen molar-refractivity contribution in [2.24, 2.45) is 5.73 Å². The molecule has 0 saturated carbocycles. The van der Waals surface area contributed by atoms with E-state index in [-0.39, 0.29) is 18.3 Å². The molecular weight excluding hydrogens is 282 g/mol. The number of nitrogens with two attached hydrogens (primary N) is 2. The number of primary amides is 1. The van der Waals surface area contributed by atoms with Gasteiger partial charge in [-0.05, 0) is 0 Å². The highest BCUT2D eigenvalue weighted by atomic mass is 32.1. The Kier molecular flexibility index (Phi) is 4.09. The normalized spacial score (nSPS) is 18.9. The number of amides is 2. The number of aromatic nitrogens is 1. The van der Waals surface area contributed by atoms with Crippen molar-refractivity contribution in [3.63, 3.8) is 0 Å². The maximum atomic E-state index is 12.5. The van der Waals surface area contributed by atoms with Crippen molar-refractivity contribution < 1.29 is 14.3 Å². The molecule has 1 atom stereocenters. The number of hydrogen-bond acceptors (Lipinski definition) is 7. The fourth-order valence-corrected chi connectivity index (χ4v) is 2.74. The van der Waals surface area contributed by atoms with Gasteiger partial charge in [0.25, 0.3) is 5.91 Å². The number of nitrogens with zero attached hydrogens (tertiary/aromatic N) is 3. The van der Waals surface area contributed by atoms with Crippen LogP contribution in [0.4, 0.5) is 10.9 Å². The lowest BCUT2D eigenvalue weighted by Crippen LogP contribution is -2.54. The Morgan fingerprint density at radius 1 is 1.50 bits per heavy atom. The minimum absolute atomic E-state index is 0.111. The monoisotopic (exact) mass is 299 g/mol. The van der Waals surface area contributed by atoms with Gasteiger partial charge in [-0.15, -0.1) is 0 Å². The van der Waals surface area contributed by atoms with Crippen LogP contribution in [0.2, 0.25) is 0 Å². The van der Waals surface area contributed by atoms with Gasteiger partial charge in [0.1, 0.15) is 16.7 Å². The number of ether oxygens (including phenoxy) is 1. The lowest BCUT2D eigenvalue weighted by molar-refractivity contribution is -0.127. The summed E-state index contributed by atoms with van der Waals surface area (Å²) in [6, 6.07) is -0.763. The third kappa shape index (κ3) is 2.68. The molecule has 1 saturated heterocycles. The molecule has 0 bridgehead atoms. The molecule has 1 aliphatic heterocycles. The Bertz CT molecular complexity index is 530. The molecule has 0 aromatic carbocycles. The summed E-state index contributed by atoms with van der Waals surface area (Å²) in [6.07, 6.45) is 0. The largest absolute Gasteiger partial charge is 0.382 e. The minimum Gasteiger partial charge on any atom is -0.382 e. The van der Waals surface area contributed by atoms with E-state index >= 15 is 0 Å². The minimum atomic E-state index is -0.763. The van der Waals surface area contributed by atoms with Crippen LogP contribution in [-0.2, 0) is 9.53 Å². The van der Waals surface area contributed by atoms with Gasteiger partial charge in [0.2, 0.25) is 5.91 Å². The van der Waals surface area contributed by atoms with Gasteiger partial charge in [0.15, 0.2) is 5.13 Å². The smallest absolute Gasteiger partial charge is 0.268 e. The number of anilines is 2. The van der Waals surface area contributed by atoms with Crippen molar-refractivity contribution in [1.82, 2.24) is 9.88 Å². The van der Waals surface area contributed by atoms with Crippen LogP contribution in [0.3, 0.4) is 0 Å². The van der Waals surface area contributed by atoms with E-state index in [0.717, 1.165) is 0 Å². The van der Waals surface area contributed by atoms with E-state index in [1.165, 1.54) is 16.2 Å². The van der Waals surface area contributed by atoms with Crippen LogP contribution in [0.5, 0.6) is 0 Å². The van der Waals surface area contributed by atoms with Gasteiger partial charge >= 0.3 is 0 Å². The van der Waals surface area contributed by atoms with Gasteiger partial charge in [-0.2, -0.15) is 0 Å². The summed E-state index contributed by atoms with van der Waals surface area (Å²) in [4.78, 5) is 31.5. The Morgan fingerprint density at radius 2 is 2.20 bits per heavy atom. The molecule has 1 unspecified atom stereocenters. The molecule has 0 radical (unpaired) electrons. The van der Waals surface area contributed by atoms with Gasteiger partial charge in [-0.1, -0.05) is 11.3 Å². The van der Waals surface area contributed by atoms with Crippen LogP contribution < -0.4 is 16.4 Å². The lowest BCUT2D eigenvalue weighted by Gasteiger charge is -2.33. The van der Waals surface area contributed by atoms with Crippen molar-refractivity contribution in [1.29, 1.82) is 0 Å². The fourth-order valence-electron chi connectivity index (χ4n) is 1.88. The first-order valence-electron chi connectivity index (χ1n) is 6.03. The SMILES string of the molecule is CN(C)c1nc(N)c(C(=O)N2CCOCC2C(N)=O)s1. The van der Waals surface area contributed by atoms with Gasteiger partial charge < -0.3 is 26.0 Å². The molecule has 110 valence electrons. The second-order valence-corrected chi connectivity index (χ2v) is 5.57. The summed E-state index contributed by atoms with van der Waals surface area (Å²) in [7, 11) is 3.63. The maximum absolute atomic E-state index is 12.5. The predicted octanol–water partition coefficient (Wildman–Crippen LogP) is -0.882. The second kappa shape index (κ2) is 5.63. The summed E-state index contributed by atoms with van der Waals surface area (Å²) >= 11 is 1.19. The van der Waals surface area contributed by atoms with Crippen LogP contribution in [0.25, 0.3) is 0 Å². The molecule has 0 aliphatic carbocycles. The van der Waals surface area contributed by atoms with Gasteiger partial charge in [0, 0.05) is 20.6 Å². The number of carbonyl (C=O) groups is 2.